The van der Waals surface area contributed by atoms with Gasteiger partial charge in [0.05, 0.1) is 5.69 Å². The molecule has 14 heavy (non-hydrogen) atoms. The van der Waals surface area contributed by atoms with Gasteiger partial charge < -0.3 is 15.5 Å². The third kappa shape index (κ3) is 1.81. The van der Waals surface area contributed by atoms with Crippen LogP contribution in [0.4, 0.5) is 0 Å². The molecule has 3 N–H and O–H groups in total. The van der Waals surface area contributed by atoms with Crippen LogP contribution >= 0.6 is 0 Å². The van der Waals surface area contributed by atoms with E-state index in [0.717, 1.165) is 43.3 Å². The molecule has 1 aromatic heterocycles. The average Bonchev–Trinajstić information content (AvgIpc) is 2.61. The summed E-state index contributed by atoms with van der Waals surface area (Å²) in [6.07, 6.45) is 2.13. The number of rotatable bonds is 2. The van der Waals surface area contributed by atoms with Gasteiger partial charge in [0.1, 0.15) is 5.82 Å². The lowest BCUT2D eigenvalue weighted by Gasteiger charge is -2.19. The van der Waals surface area contributed by atoms with Crippen molar-refractivity contribution in [3.8, 4) is 0 Å². The highest BCUT2D eigenvalue weighted by Crippen LogP contribution is 2.25. The number of ether oxygens (including phenoxy) is 1. The molecule has 4 nitrogen and oxygen atoms in total. The number of aryl methyl sites for hydroxylation is 1. The van der Waals surface area contributed by atoms with Gasteiger partial charge in [-0.2, -0.15) is 0 Å². The van der Waals surface area contributed by atoms with Gasteiger partial charge >= 0.3 is 0 Å². The summed E-state index contributed by atoms with van der Waals surface area (Å²) < 4.78 is 5.32. The van der Waals surface area contributed by atoms with Crippen LogP contribution in [0.3, 0.4) is 0 Å². The van der Waals surface area contributed by atoms with Crippen molar-refractivity contribution in [2.24, 2.45) is 5.73 Å². The van der Waals surface area contributed by atoms with E-state index in [2.05, 4.69) is 9.97 Å². The van der Waals surface area contributed by atoms with Gasteiger partial charge in [-0.05, 0) is 19.8 Å². The number of H-pyrrole nitrogens is 1. The molecule has 4 heteroatoms. The number of nitrogens with zero attached hydrogens (tertiary/aromatic N) is 1. The Hall–Kier alpha value is -0.870. The van der Waals surface area contributed by atoms with Crippen LogP contribution in [0.1, 0.15) is 36.0 Å². The van der Waals surface area contributed by atoms with Crippen LogP contribution in [0.25, 0.3) is 0 Å². The highest BCUT2D eigenvalue weighted by Gasteiger charge is 2.19. The Morgan fingerprint density at radius 3 is 2.79 bits per heavy atom. The minimum absolute atomic E-state index is 0.519. The van der Waals surface area contributed by atoms with Crippen molar-refractivity contribution in [2.45, 2.75) is 32.2 Å². The number of nitrogens with one attached hydrogen (secondary N) is 1. The van der Waals surface area contributed by atoms with Crippen molar-refractivity contribution in [3.63, 3.8) is 0 Å². The summed E-state index contributed by atoms with van der Waals surface area (Å²) in [5.41, 5.74) is 7.68. The standard InChI is InChI=1S/C10H17N3O/c1-7-9(6-11)13-10(12-7)8-2-4-14-5-3-8/h8H,2-6,11H2,1H3,(H,12,13). The Morgan fingerprint density at radius 1 is 1.50 bits per heavy atom. The van der Waals surface area contributed by atoms with Gasteiger partial charge in [0, 0.05) is 31.4 Å². The second kappa shape index (κ2) is 4.11. The Morgan fingerprint density at radius 2 is 2.21 bits per heavy atom. The van der Waals surface area contributed by atoms with Crippen LogP contribution in [0, 0.1) is 6.92 Å². The average molecular weight is 195 g/mol. The number of aromatic amines is 1. The topological polar surface area (TPSA) is 63.9 Å². The second-order valence-electron chi connectivity index (χ2n) is 3.78. The maximum atomic E-state index is 5.59. The van der Waals surface area contributed by atoms with E-state index >= 15 is 0 Å². The first-order chi connectivity index (χ1) is 6.81. The van der Waals surface area contributed by atoms with Gasteiger partial charge in [-0.3, -0.25) is 0 Å². The fourth-order valence-electron chi connectivity index (χ4n) is 1.88. The van der Waals surface area contributed by atoms with Crippen molar-refractivity contribution in [1.29, 1.82) is 0 Å². The molecule has 1 fully saturated rings. The lowest BCUT2D eigenvalue weighted by Crippen LogP contribution is -2.15. The molecule has 0 aliphatic carbocycles. The van der Waals surface area contributed by atoms with E-state index in [4.69, 9.17) is 10.5 Å². The molecule has 1 aliphatic rings. The molecule has 0 spiro atoms. The normalized spacial score (nSPS) is 18.7. The molecule has 0 saturated carbocycles. The Labute approximate surface area is 83.9 Å². The number of nitrogens with two attached hydrogens (primary N) is 1. The molecule has 1 saturated heterocycles. The van der Waals surface area contributed by atoms with E-state index < -0.39 is 0 Å². The number of hydrogen-bond acceptors (Lipinski definition) is 3. The van der Waals surface area contributed by atoms with Gasteiger partial charge in [-0.15, -0.1) is 0 Å². The zero-order chi connectivity index (χ0) is 9.97. The van der Waals surface area contributed by atoms with Crippen molar-refractivity contribution in [1.82, 2.24) is 9.97 Å². The SMILES string of the molecule is Cc1[nH]c(C2CCOCC2)nc1CN. The number of hydrogen-bond donors (Lipinski definition) is 2. The van der Waals surface area contributed by atoms with E-state index in [0.29, 0.717) is 12.5 Å². The molecule has 0 bridgehead atoms. The highest BCUT2D eigenvalue weighted by atomic mass is 16.5. The van der Waals surface area contributed by atoms with Crippen LogP contribution in [0.15, 0.2) is 0 Å². The van der Waals surface area contributed by atoms with Crippen LogP contribution in [0.2, 0.25) is 0 Å². The fourth-order valence-corrected chi connectivity index (χ4v) is 1.88. The van der Waals surface area contributed by atoms with Gasteiger partial charge in [0.15, 0.2) is 0 Å². The van der Waals surface area contributed by atoms with Crippen molar-refractivity contribution in [2.75, 3.05) is 13.2 Å². The first kappa shape index (κ1) is 9.68. The van der Waals surface area contributed by atoms with Crippen molar-refractivity contribution in [3.05, 3.63) is 17.2 Å². The van der Waals surface area contributed by atoms with Crippen LogP contribution in [-0.4, -0.2) is 23.2 Å². The van der Waals surface area contributed by atoms with E-state index in [1.165, 1.54) is 0 Å². The Bertz CT molecular complexity index is 302. The third-order valence-electron chi connectivity index (χ3n) is 2.81. The summed E-state index contributed by atoms with van der Waals surface area (Å²) in [6.45, 7) is 4.24. The van der Waals surface area contributed by atoms with E-state index in [-0.39, 0.29) is 0 Å². The van der Waals surface area contributed by atoms with E-state index in [9.17, 15) is 0 Å². The second-order valence-corrected chi connectivity index (χ2v) is 3.78. The summed E-state index contributed by atoms with van der Waals surface area (Å²) in [5, 5.41) is 0. The molecular weight excluding hydrogens is 178 g/mol. The lowest BCUT2D eigenvalue weighted by molar-refractivity contribution is 0.0837. The van der Waals surface area contributed by atoms with Crippen molar-refractivity contribution < 1.29 is 4.74 Å². The van der Waals surface area contributed by atoms with Crippen LogP contribution in [-0.2, 0) is 11.3 Å². The predicted molar refractivity (Wildman–Crippen MR) is 54.0 cm³/mol. The Balaban J connectivity index is 2.14. The number of imidazole rings is 1. The van der Waals surface area contributed by atoms with Gasteiger partial charge in [0.25, 0.3) is 0 Å². The zero-order valence-electron chi connectivity index (χ0n) is 8.55. The van der Waals surface area contributed by atoms with E-state index in [1.54, 1.807) is 0 Å². The molecule has 0 radical (unpaired) electrons. The van der Waals surface area contributed by atoms with Gasteiger partial charge in [0.2, 0.25) is 0 Å². The molecule has 1 aliphatic heterocycles. The van der Waals surface area contributed by atoms with E-state index in [1.807, 2.05) is 6.92 Å². The largest absolute Gasteiger partial charge is 0.381 e. The summed E-state index contributed by atoms with van der Waals surface area (Å²) in [5.74, 6) is 1.62. The predicted octanol–water partition coefficient (Wildman–Crippen LogP) is 1.07. The summed E-state index contributed by atoms with van der Waals surface area (Å²) >= 11 is 0. The fraction of sp³-hybridized carbons (Fsp3) is 0.700. The molecular formula is C10H17N3O. The first-order valence-electron chi connectivity index (χ1n) is 5.14. The quantitative estimate of drug-likeness (QED) is 0.742. The first-order valence-corrected chi connectivity index (χ1v) is 5.14. The van der Waals surface area contributed by atoms with Gasteiger partial charge in [-0.1, -0.05) is 0 Å². The molecule has 0 aromatic carbocycles. The lowest BCUT2D eigenvalue weighted by atomic mass is 10.00. The van der Waals surface area contributed by atoms with Crippen LogP contribution in [0.5, 0.6) is 0 Å². The van der Waals surface area contributed by atoms with Crippen LogP contribution < -0.4 is 5.73 Å². The molecule has 2 rings (SSSR count). The maximum Gasteiger partial charge on any atom is 0.109 e. The summed E-state index contributed by atoms with van der Waals surface area (Å²) in [7, 11) is 0. The van der Waals surface area contributed by atoms with Gasteiger partial charge in [-0.25, -0.2) is 4.98 Å². The van der Waals surface area contributed by atoms with Crippen molar-refractivity contribution >= 4 is 0 Å². The molecule has 2 heterocycles. The monoisotopic (exact) mass is 195 g/mol. The summed E-state index contributed by atoms with van der Waals surface area (Å²) in [4.78, 5) is 7.83. The molecule has 78 valence electrons. The molecule has 0 unspecified atom stereocenters. The smallest absolute Gasteiger partial charge is 0.109 e. The Kier molecular flexibility index (Phi) is 2.84. The molecule has 1 aromatic rings. The maximum absolute atomic E-state index is 5.59. The summed E-state index contributed by atoms with van der Waals surface area (Å²) in [6, 6.07) is 0. The molecule has 0 amide bonds. The minimum atomic E-state index is 0.519. The third-order valence-corrected chi connectivity index (χ3v) is 2.81. The highest BCUT2D eigenvalue weighted by molar-refractivity contribution is 5.15. The zero-order valence-corrected chi connectivity index (χ0v) is 8.55. The molecule has 0 atom stereocenters. The minimum Gasteiger partial charge on any atom is -0.381 e. The number of aromatic nitrogens is 2.